The lowest BCUT2D eigenvalue weighted by atomic mass is 10.2. The number of carbonyl (C=O) groups excluding carboxylic acids is 4. The number of ether oxygens (including phenoxy) is 2. The molecule has 1 aliphatic rings. The predicted octanol–water partition coefficient (Wildman–Crippen LogP) is -0.511. The topological polar surface area (TPSA) is 242 Å². The van der Waals surface area contributed by atoms with Gasteiger partial charge in [-0.3, -0.25) is 33.9 Å². The minimum atomic E-state index is -4.97. The van der Waals surface area contributed by atoms with Crippen LogP contribution in [-0.2, 0) is 25.5 Å². The Labute approximate surface area is 231 Å². The summed E-state index contributed by atoms with van der Waals surface area (Å²) in [6, 6.07) is 3.55. The molecule has 3 rings (SSSR count). The molecule has 4 N–H and O–H groups in total. The molecule has 2 aromatic rings. The van der Waals surface area contributed by atoms with E-state index in [0.29, 0.717) is 5.56 Å². The zero-order valence-electron chi connectivity index (χ0n) is 21.6. The molecule has 0 aliphatic carbocycles. The Kier molecular flexibility index (Phi) is 9.77. The highest BCUT2D eigenvalue weighted by Crippen LogP contribution is 2.47. The molecule has 0 atom stereocenters. The Balaban J connectivity index is 1.62. The quantitative estimate of drug-likeness (QED) is 0.0707. The van der Waals surface area contributed by atoms with Crippen molar-refractivity contribution in [2.24, 2.45) is 0 Å². The number of methoxy groups -OCH3 is 2. The molecular weight excluding hydrogens is 571 g/mol. The number of nitrogens with one attached hydrogen (secondary N) is 2. The second-order valence-electron chi connectivity index (χ2n) is 8.23. The van der Waals surface area contributed by atoms with Crippen LogP contribution in [0.2, 0.25) is 0 Å². The molecule has 0 fully saturated rings. The van der Waals surface area contributed by atoms with E-state index >= 15 is 0 Å². The second kappa shape index (κ2) is 13.0. The summed E-state index contributed by atoms with van der Waals surface area (Å²) in [5.41, 5.74) is 0.00714. The molecule has 19 heteroatoms. The maximum Gasteiger partial charge on any atom is 0.525 e. The number of rotatable bonds is 14. The van der Waals surface area contributed by atoms with Gasteiger partial charge < -0.3 is 34.7 Å². The van der Waals surface area contributed by atoms with Gasteiger partial charge in [-0.15, -0.1) is 4.68 Å². The first-order chi connectivity index (χ1) is 19.3. The molecule has 0 unspecified atom stereocenters. The van der Waals surface area contributed by atoms with E-state index in [1.54, 1.807) is 0 Å². The zero-order valence-corrected chi connectivity index (χ0v) is 22.5. The first-order valence-electron chi connectivity index (χ1n) is 11.6. The molecule has 0 bridgehead atoms. The van der Waals surface area contributed by atoms with Gasteiger partial charge in [0.1, 0.15) is 6.54 Å². The number of nitro groups is 1. The van der Waals surface area contributed by atoms with Gasteiger partial charge in [0.15, 0.2) is 17.2 Å². The van der Waals surface area contributed by atoms with Crippen molar-refractivity contribution < 1.29 is 52.5 Å². The number of carbonyl (C=O) groups is 4. The van der Waals surface area contributed by atoms with Crippen molar-refractivity contribution in [1.82, 2.24) is 25.3 Å². The van der Waals surface area contributed by atoms with Crippen molar-refractivity contribution in [3.05, 3.63) is 51.7 Å². The summed E-state index contributed by atoms with van der Waals surface area (Å²) in [6.07, 6.45) is 2.08. The average Bonchev–Trinajstić information content (AvgIpc) is 3.47. The lowest BCUT2D eigenvalue weighted by Crippen LogP contribution is -2.37. The number of phosphoric ester groups is 1. The van der Waals surface area contributed by atoms with E-state index in [4.69, 9.17) is 19.3 Å². The number of nitrogens with zero attached hydrogens (tertiary/aromatic N) is 4. The van der Waals surface area contributed by atoms with Crippen LogP contribution in [0.3, 0.4) is 0 Å². The van der Waals surface area contributed by atoms with Gasteiger partial charge in [-0.2, -0.15) is 0 Å². The predicted molar refractivity (Wildman–Crippen MR) is 136 cm³/mol. The van der Waals surface area contributed by atoms with Crippen LogP contribution < -0.4 is 24.6 Å². The third-order valence-corrected chi connectivity index (χ3v) is 5.86. The number of aromatic nitrogens is 2. The largest absolute Gasteiger partial charge is 0.525 e. The number of benzene rings is 1. The van der Waals surface area contributed by atoms with Crippen LogP contribution in [0, 0.1) is 10.1 Å². The molecule has 1 aromatic carbocycles. The number of hydrogen-bond donors (Lipinski definition) is 4. The van der Waals surface area contributed by atoms with Crippen LogP contribution >= 0.6 is 7.82 Å². The van der Waals surface area contributed by atoms with E-state index in [9.17, 15) is 33.9 Å². The highest BCUT2D eigenvalue weighted by atomic mass is 31.2. The normalized spacial score (nSPS) is 12.8. The molecule has 0 saturated heterocycles. The number of imide groups is 1. The molecule has 220 valence electrons. The van der Waals surface area contributed by atoms with Crippen LogP contribution in [0.25, 0.3) is 0 Å². The average molecular weight is 596 g/mol. The van der Waals surface area contributed by atoms with E-state index in [1.807, 2.05) is 0 Å². The smallest absolute Gasteiger partial charge is 0.493 e. The number of amides is 4. The van der Waals surface area contributed by atoms with Crippen molar-refractivity contribution in [3.63, 3.8) is 0 Å². The Morgan fingerprint density at radius 3 is 2.17 bits per heavy atom. The van der Waals surface area contributed by atoms with Crippen molar-refractivity contribution in [2.45, 2.75) is 13.0 Å². The van der Waals surface area contributed by atoms with Crippen molar-refractivity contribution in [3.8, 4) is 17.2 Å². The van der Waals surface area contributed by atoms with Gasteiger partial charge in [-0.1, -0.05) is 5.10 Å². The first-order valence-corrected chi connectivity index (χ1v) is 13.2. The summed E-state index contributed by atoms with van der Waals surface area (Å²) in [4.78, 5) is 77.6. The van der Waals surface area contributed by atoms with E-state index in [2.05, 4.69) is 20.3 Å². The minimum Gasteiger partial charge on any atom is -0.493 e. The molecule has 1 aliphatic heterocycles. The van der Waals surface area contributed by atoms with E-state index in [0.717, 1.165) is 27.8 Å². The Hall–Kier alpha value is -4.80. The zero-order chi connectivity index (χ0) is 30.3. The van der Waals surface area contributed by atoms with E-state index < -0.39 is 42.2 Å². The summed E-state index contributed by atoms with van der Waals surface area (Å²) in [5.74, 6) is -3.42. The van der Waals surface area contributed by atoms with Crippen molar-refractivity contribution >= 4 is 37.3 Å². The van der Waals surface area contributed by atoms with Gasteiger partial charge in [-0.05, 0) is 17.1 Å². The molecule has 4 amide bonds. The third-order valence-electron chi connectivity index (χ3n) is 5.44. The van der Waals surface area contributed by atoms with Crippen LogP contribution in [0.5, 0.6) is 17.2 Å². The maximum absolute atomic E-state index is 12.5. The van der Waals surface area contributed by atoms with Crippen LogP contribution in [0.4, 0.5) is 5.82 Å². The van der Waals surface area contributed by atoms with Gasteiger partial charge in [0.25, 0.3) is 17.7 Å². The minimum absolute atomic E-state index is 0.00383. The second-order valence-corrected chi connectivity index (χ2v) is 9.39. The van der Waals surface area contributed by atoms with E-state index in [1.165, 1.54) is 26.4 Å². The lowest BCUT2D eigenvalue weighted by Gasteiger charge is -2.15. The molecule has 2 heterocycles. The molecular formula is C22H25N6O12P. The molecule has 0 spiro atoms. The molecule has 1 aromatic heterocycles. The molecule has 18 nitrogen and oxygen atoms in total. The Morgan fingerprint density at radius 1 is 1.05 bits per heavy atom. The number of hydrogen-bond acceptors (Lipinski definition) is 11. The standard InChI is InChI=1S/C22H25N6O12P/c1-38-15-9-13(10-16(39-2)21(15)40-41(35,36)37)12-27-18(28(33)34)11-14(25-27)22(32)24-7-6-23-17(29)5-8-26-19(30)3-4-20(26)31/h3-4,9-11H,5-8,12H2,1-2H3,(H,23,29)(H,24,32)(H2,35,36,37). The van der Waals surface area contributed by atoms with E-state index in [-0.39, 0.29) is 55.5 Å². The highest BCUT2D eigenvalue weighted by Gasteiger charge is 2.27. The fourth-order valence-electron chi connectivity index (χ4n) is 3.61. The van der Waals surface area contributed by atoms with Gasteiger partial charge in [0.05, 0.1) is 20.3 Å². The van der Waals surface area contributed by atoms with Crippen LogP contribution in [0.1, 0.15) is 22.5 Å². The fourth-order valence-corrected chi connectivity index (χ4v) is 4.03. The van der Waals surface area contributed by atoms with Crippen LogP contribution in [-0.4, -0.2) is 86.9 Å². The lowest BCUT2D eigenvalue weighted by molar-refractivity contribution is -0.392. The number of phosphoric acid groups is 1. The molecule has 0 radical (unpaired) electrons. The van der Waals surface area contributed by atoms with Crippen molar-refractivity contribution in [1.29, 1.82) is 0 Å². The van der Waals surface area contributed by atoms with Gasteiger partial charge in [-0.25, -0.2) is 4.57 Å². The van der Waals surface area contributed by atoms with Gasteiger partial charge in [0.2, 0.25) is 11.7 Å². The molecule has 0 saturated carbocycles. The highest BCUT2D eigenvalue weighted by molar-refractivity contribution is 7.46. The first kappa shape index (κ1) is 30.7. The summed E-state index contributed by atoms with van der Waals surface area (Å²) < 4.78 is 27.1. The Bertz CT molecular complexity index is 1410. The summed E-state index contributed by atoms with van der Waals surface area (Å²) in [6.45, 7) is -0.416. The summed E-state index contributed by atoms with van der Waals surface area (Å²) >= 11 is 0. The van der Waals surface area contributed by atoms with Crippen molar-refractivity contribution in [2.75, 3.05) is 33.9 Å². The van der Waals surface area contributed by atoms with Crippen LogP contribution in [0.15, 0.2) is 30.4 Å². The van der Waals surface area contributed by atoms with Gasteiger partial charge >= 0.3 is 13.6 Å². The third kappa shape index (κ3) is 8.10. The Morgan fingerprint density at radius 2 is 1.63 bits per heavy atom. The summed E-state index contributed by atoms with van der Waals surface area (Å²) in [5, 5.41) is 20.6. The SMILES string of the molecule is COc1cc(Cn2nc(C(=O)NCCNC(=O)CCN3C(=O)C=CC3=O)cc2[N+](=O)[O-])cc(OC)c1OP(=O)(O)O. The van der Waals surface area contributed by atoms with Gasteiger partial charge in [0, 0.05) is 43.8 Å². The molecule has 41 heavy (non-hydrogen) atoms. The fraction of sp³-hybridized carbons (Fsp3) is 0.318. The maximum atomic E-state index is 12.5. The monoisotopic (exact) mass is 596 g/mol. The summed E-state index contributed by atoms with van der Waals surface area (Å²) in [7, 11) is -2.56.